The highest BCUT2D eigenvalue weighted by Crippen LogP contribution is 2.65. The molecule has 0 heterocycles. The fourth-order valence-electron chi connectivity index (χ4n) is 7.62. The maximum atomic E-state index is 12.5. The van der Waals surface area contributed by atoms with Crippen LogP contribution < -0.4 is 5.73 Å². The highest BCUT2D eigenvalue weighted by Gasteiger charge is 2.59. The van der Waals surface area contributed by atoms with Gasteiger partial charge in [-0.3, -0.25) is 4.79 Å². The van der Waals surface area contributed by atoms with Gasteiger partial charge in [-0.05, 0) is 99.3 Å². The number of ketones is 1. The molecule has 2 N–H and O–H groups in total. The minimum absolute atomic E-state index is 0.0343. The Morgan fingerprint density at radius 3 is 2.72 bits per heavy atom. The van der Waals surface area contributed by atoms with Crippen LogP contribution in [0.3, 0.4) is 0 Å². The van der Waals surface area contributed by atoms with E-state index in [1.165, 1.54) is 51.4 Å². The van der Waals surface area contributed by atoms with E-state index >= 15 is 0 Å². The van der Waals surface area contributed by atoms with Crippen molar-refractivity contribution in [2.24, 2.45) is 46.2 Å². The van der Waals surface area contributed by atoms with Crippen LogP contribution in [0.5, 0.6) is 0 Å². The lowest BCUT2D eigenvalue weighted by Crippen LogP contribution is -2.53. The van der Waals surface area contributed by atoms with Crippen LogP contribution in [0.2, 0.25) is 0 Å². The fraction of sp³-hybridized carbons (Fsp3) is 0.870. The third-order valence-electron chi connectivity index (χ3n) is 9.16. The molecule has 0 aromatic heterocycles. The zero-order valence-corrected chi connectivity index (χ0v) is 16.3. The van der Waals surface area contributed by atoms with Crippen LogP contribution in [0.15, 0.2) is 12.2 Å². The number of allylic oxidation sites excluding steroid dienone is 1. The number of Topliss-reactive ketones (excluding diaryl/α,β-unsaturated/α-hetero) is 1. The van der Waals surface area contributed by atoms with Gasteiger partial charge in [-0.2, -0.15) is 0 Å². The lowest BCUT2D eigenvalue weighted by Gasteiger charge is -2.60. The summed E-state index contributed by atoms with van der Waals surface area (Å²) in [6.07, 6.45) is 17.3. The molecule has 0 aromatic rings. The van der Waals surface area contributed by atoms with Gasteiger partial charge in [-0.25, -0.2) is 0 Å². The smallest absolute Gasteiger partial charge is 0.139 e. The van der Waals surface area contributed by atoms with Crippen molar-refractivity contribution in [2.75, 3.05) is 6.54 Å². The number of fused-ring (bicyclic) bond motifs is 5. The molecule has 7 atom stereocenters. The van der Waals surface area contributed by atoms with Crippen molar-refractivity contribution >= 4 is 5.78 Å². The molecule has 25 heavy (non-hydrogen) atoms. The number of nitrogens with two attached hydrogens (primary N) is 1. The number of carbonyl (C=O) groups is 1. The number of carbonyl (C=O) groups excluding carboxylic acids is 1. The maximum absolute atomic E-state index is 12.5. The first kappa shape index (κ1) is 17.8. The summed E-state index contributed by atoms with van der Waals surface area (Å²) in [5.41, 5.74) is 6.20. The quantitative estimate of drug-likeness (QED) is 0.723. The average molecular weight is 344 g/mol. The fourth-order valence-corrected chi connectivity index (χ4v) is 7.62. The summed E-state index contributed by atoms with van der Waals surface area (Å²) in [7, 11) is 0. The second-order valence-corrected chi connectivity index (χ2v) is 10.1. The van der Waals surface area contributed by atoms with Gasteiger partial charge in [0.05, 0.1) is 0 Å². The lowest BCUT2D eigenvalue weighted by atomic mass is 9.44. The summed E-state index contributed by atoms with van der Waals surface area (Å²) in [5.74, 6) is 4.66. The average Bonchev–Trinajstić information content (AvgIpc) is 2.90. The van der Waals surface area contributed by atoms with Gasteiger partial charge in [-0.1, -0.05) is 26.0 Å². The van der Waals surface area contributed by atoms with Gasteiger partial charge in [0.25, 0.3) is 0 Å². The predicted octanol–water partition coefficient (Wildman–Crippen LogP) is 5.12. The molecule has 0 aliphatic heterocycles. The summed E-state index contributed by atoms with van der Waals surface area (Å²) >= 11 is 0. The van der Waals surface area contributed by atoms with Crippen molar-refractivity contribution < 1.29 is 4.79 Å². The van der Waals surface area contributed by atoms with E-state index in [0.717, 1.165) is 43.1 Å². The lowest BCUT2D eigenvalue weighted by molar-refractivity contribution is -0.139. The molecule has 0 spiro atoms. The molecule has 7 unspecified atom stereocenters. The highest BCUT2D eigenvalue weighted by atomic mass is 16.1. The van der Waals surface area contributed by atoms with E-state index in [-0.39, 0.29) is 5.41 Å². The Hall–Kier alpha value is -0.630. The van der Waals surface area contributed by atoms with Crippen LogP contribution in [-0.2, 0) is 4.79 Å². The molecule has 0 saturated heterocycles. The maximum Gasteiger partial charge on any atom is 0.139 e. The van der Waals surface area contributed by atoms with Gasteiger partial charge < -0.3 is 5.73 Å². The van der Waals surface area contributed by atoms with Gasteiger partial charge in [0.1, 0.15) is 5.78 Å². The Morgan fingerprint density at radius 2 is 1.92 bits per heavy atom. The number of hydrogen-bond acceptors (Lipinski definition) is 2. The first-order chi connectivity index (χ1) is 12.0. The van der Waals surface area contributed by atoms with Gasteiger partial charge in [0.15, 0.2) is 0 Å². The topological polar surface area (TPSA) is 43.1 Å². The van der Waals surface area contributed by atoms with Crippen molar-refractivity contribution in [1.29, 1.82) is 0 Å². The molecule has 0 bridgehead atoms. The van der Waals surface area contributed by atoms with E-state index < -0.39 is 0 Å². The first-order valence-corrected chi connectivity index (χ1v) is 10.9. The Kier molecular flexibility index (Phi) is 4.63. The van der Waals surface area contributed by atoms with Crippen LogP contribution >= 0.6 is 0 Å². The monoisotopic (exact) mass is 343 g/mol. The molecule has 4 aliphatic rings. The zero-order chi connectivity index (χ0) is 17.7. The normalized spacial score (nSPS) is 49.7. The summed E-state index contributed by atoms with van der Waals surface area (Å²) < 4.78 is 0. The molecule has 2 heteroatoms. The Morgan fingerprint density at radius 1 is 1.08 bits per heavy atom. The van der Waals surface area contributed by atoms with Crippen molar-refractivity contribution in [3.05, 3.63) is 12.2 Å². The van der Waals surface area contributed by atoms with Crippen LogP contribution in [0, 0.1) is 40.4 Å². The summed E-state index contributed by atoms with van der Waals surface area (Å²) in [6, 6.07) is 0. The molecule has 140 valence electrons. The molecule has 4 rings (SSSR count). The second kappa shape index (κ2) is 6.51. The summed E-state index contributed by atoms with van der Waals surface area (Å²) in [5, 5.41) is 0. The molecular formula is C23H37NO. The van der Waals surface area contributed by atoms with Crippen LogP contribution in [0.1, 0.15) is 78.1 Å². The van der Waals surface area contributed by atoms with Gasteiger partial charge in [0.2, 0.25) is 0 Å². The number of hydrogen-bond donors (Lipinski definition) is 1. The predicted molar refractivity (Wildman–Crippen MR) is 103 cm³/mol. The molecule has 0 aromatic carbocycles. The Labute approximate surface area is 154 Å². The van der Waals surface area contributed by atoms with Crippen molar-refractivity contribution in [2.45, 2.75) is 78.1 Å². The molecule has 0 amide bonds. The van der Waals surface area contributed by atoms with Gasteiger partial charge >= 0.3 is 0 Å². The van der Waals surface area contributed by atoms with E-state index in [1.807, 2.05) is 0 Å². The molecule has 2 nitrogen and oxygen atoms in total. The Bertz CT molecular complexity index is 554. The van der Waals surface area contributed by atoms with E-state index in [2.05, 4.69) is 26.0 Å². The third-order valence-corrected chi connectivity index (χ3v) is 9.16. The SMILES string of the molecule is CC12CCC3C(CCC4CC(C=CCCN)CCC43C)C1CCC2=O. The van der Waals surface area contributed by atoms with Crippen LogP contribution in [-0.4, -0.2) is 12.3 Å². The molecule has 4 fully saturated rings. The summed E-state index contributed by atoms with van der Waals surface area (Å²) in [4.78, 5) is 12.5. The van der Waals surface area contributed by atoms with Gasteiger partial charge in [0, 0.05) is 11.8 Å². The van der Waals surface area contributed by atoms with Crippen molar-refractivity contribution in [3.8, 4) is 0 Å². The van der Waals surface area contributed by atoms with Crippen LogP contribution in [0.25, 0.3) is 0 Å². The Balaban J connectivity index is 1.50. The molecular weight excluding hydrogens is 306 g/mol. The van der Waals surface area contributed by atoms with Crippen molar-refractivity contribution in [3.63, 3.8) is 0 Å². The van der Waals surface area contributed by atoms with Crippen molar-refractivity contribution in [1.82, 2.24) is 0 Å². The number of rotatable bonds is 3. The zero-order valence-electron chi connectivity index (χ0n) is 16.3. The minimum Gasteiger partial charge on any atom is -0.330 e. The minimum atomic E-state index is 0.0343. The summed E-state index contributed by atoms with van der Waals surface area (Å²) in [6.45, 7) is 5.69. The van der Waals surface area contributed by atoms with Crippen LogP contribution in [0.4, 0.5) is 0 Å². The molecule has 4 saturated carbocycles. The third kappa shape index (κ3) is 2.74. The standard InChI is InChI=1S/C23H37NO/c1-22-12-10-16(5-3-4-14-24)15-17(22)6-7-18-19-8-9-21(25)23(19,2)13-11-20(18)22/h3,5,16-20H,4,6-15,24H2,1-2H3. The highest BCUT2D eigenvalue weighted by molar-refractivity contribution is 5.87. The second-order valence-electron chi connectivity index (χ2n) is 10.1. The largest absolute Gasteiger partial charge is 0.330 e. The van der Waals surface area contributed by atoms with Gasteiger partial charge in [-0.15, -0.1) is 0 Å². The van der Waals surface area contributed by atoms with E-state index in [0.29, 0.717) is 17.1 Å². The molecule has 0 radical (unpaired) electrons. The van der Waals surface area contributed by atoms with E-state index in [1.54, 1.807) is 0 Å². The molecule has 4 aliphatic carbocycles. The van der Waals surface area contributed by atoms with E-state index in [4.69, 9.17) is 5.73 Å². The first-order valence-electron chi connectivity index (χ1n) is 10.9. The van der Waals surface area contributed by atoms with E-state index in [9.17, 15) is 4.79 Å².